The van der Waals surface area contributed by atoms with E-state index in [-0.39, 0.29) is 23.5 Å². The Morgan fingerprint density at radius 2 is 2.19 bits per heavy atom. The summed E-state index contributed by atoms with van der Waals surface area (Å²) >= 11 is 0. The van der Waals surface area contributed by atoms with Crippen molar-refractivity contribution in [3.63, 3.8) is 0 Å². The molecule has 0 radical (unpaired) electrons. The van der Waals surface area contributed by atoms with Crippen LogP contribution in [-0.2, 0) is 10.0 Å². The van der Waals surface area contributed by atoms with Gasteiger partial charge in [0, 0.05) is 6.54 Å². The maximum absolute atomic E-state index is 13.3. The van der Waals surface area contributed by atoms with Crippen LogP contribution in [0.2, 0.25) is 0 Å². The van der Waals surface area contributed by atoms with E-state index in [1.807, 2.05) is 4.72 Å². The van der Waals surface area contributed by atoms with E-state index in [9.17, 15) is 12.8 Å². The van der Waals surface area contributed by atoms with Gasteiger partial charge >= 0.3 is 0 Å². The summed E-state index contributed by atoms with van der Waals surface area (Å²) in [5.41, 5.74) is 5.03. The Morgan fingerprint density at radius 3 is 2.69 bits per heavy atom. The molecule has 0 aromatic heterocycles. The van der Waals surface area contributed by atoms with E-state index in [2.05, 4.69) is 0 Å². The number of anilines is 1. The Bertz CT molecular complexity index is 522. The van der Waals surface area contributed by atoms with Gasteiger partial charge < -0.3 is 5.73 Å². The third-order valence-electron chi connectivity index (χ3n) is 1.75. The number of hydrogen-bond donors (Lipinski definition) is 2. The van der Waals surface area contributed by atoms with Crippen LogP contribution in [0.15, 0.2) is 18.2 Å². The highest BCUT2D eigenvalue weighted by molar-refractivity contribution is 7.92. The summed E-state index contributed by atoms with van der Waals surface area (Å²) in [6, 6.07) is 5.22. The number of nitrogens with two attached hydrogens (primary N) is 1. The van der Waals surface area contributed by atoms with Crippen molar-refractivity contribution in [3.05, 3.63) is 29.6 Å². The van der Waals surface area contributed by atoms with Gasteiger partial charge in [0.1, 0.15) is 5.82 Å². The van der Waals surface area contributed by atoms with Gasteiger partial charge in [-0.05, 0) is 18.2 Å². The Hall–Kier alpha value is -1.65. The number of nitrogens with one attached hydrogen (secondary N) is 1. The van der Waals surface area contributed by atoms with E-state index in [4.69, 9.17) is 11.0 Å². The molecule has 0 aliphatic carbocycles. The number of halogens is 1. The molecule has 0 fully saturated rings. The number of nitrogens with zero attached hydrogens (tertiary/aromatic N) is 1. The third-order valence-corrected chi connectivity index (χ3v) is 3.05. The van der Waals surface area contributed by atoms with Crippen LogP contribution in [0, 0.1) is 17.1 Å². The fraction of sp³-hybridized carbons (Fsp3) is 0.222. The molecule has 16 heavy (non-hydrogen) atoms. The van der Waals surface area contributed by atoms with Crippen molar-refractivity contribution in [2.75, 3.05) is 17.0 Å². The first kappa shape index (κ1) is 12.4. The normalized spacial score (nSPS) is 10.8. The molecular formula is C9H10FN3O2S. The number of nitriles is 1. The Labute approximate surface area is 92.7 Å². The van der Waals surface area contributed by atoms with Gasteiger partial charge in [-0.25, -0.2) is 12.8 Å². The highest BCUT2D eigenvalue weighted by Gasteiger charge is 2.12. The monoisotopic (exact) mass is 243 g/mol. The molecule has 0 atom stereocenters. The molecule has 3 N–H and O–H groups in total. The topological polar surface area (TPSA) is 96.0 Å². The van der Waals surface area contributed by atoms with Gasteiger partial charge in [0.15, 0.2) is 0 Å². The lowest BCUT2D eigenvalue weighted by Gasteiger charge is -2.07. The molecule has 7 heteroatoms. The van der Waals surface area contributed by atoms with Crippen LogP contribution in [0.5, 0.6) is 0 Å². The smallest absolute Gasteiger partial charge is 0.234 e. The van der Waals surface area contributed by atoms with E-state index in [1.165, 1.54) is 12.1 Å². The molecule has 0 amide bonds. The second kappa shape index (κ2) is 4.92. The predicted octanol–water partition coefficient (Wildman–Crippen LogP) is 0.398. The molecule has 1 aromatic rings. The molecule has 86 valence electrons. The molecule has 0 unspecified atom stereocenters. The SMILES string of the molecule is N#Cc1ccc(NS(=O)(=O)CCN)c(F)c1. The van der Waals surface area contributed by atoms with Gasteiger partial charge in [0.2, 0.25) is 10.0 Å². The largest absolute Gasteiger partial charge is 0.329 e. The summed E-state index contributed by atoms with van der Waals surface area (Å²) in [6.45, 7) is -0.0484. The molecule has 0 saturated carbocycles. The second-order valence-corrected chi connectivity index (χ2v) is 4.86. The van der Waals surface area contributed by atoms with Crippen LogP contribution >= 0.6 is 0 Å². The Morgan fingerprint density at radius 1 is 1.50 bits per heavy atom. The lowest BCUT2D eigenvalue weighted by Crippen LogP contribution is -2.22. The minimum Gasteiger partial charge on any atom is -0.329 e. The highest BCUT2D eigenvalue weighted by atomic mass is 32.2. The number of benzene rings is 1. The second-order valence-electron chi connectivity index (χ2n) is 3.02. The summed E-state index contributed by atoms with van der Waals surface area (Å²) in [7, 11) is -3.62. The number of sulfonamides is 1. The standard InChI is InChI=1S/C9H10FN3O2S/c10-8-5-7(6-12)1-2-9(8)13-16(14,15)4-3-11/h1-2,5,13H,3-4,11H2. The quantitative estimate of drug-likeness (QED) is 0.799. The molecule has 0 aliphatic rings. The summed E-state index contributed by atoms with van der Waals surface area (Å²) in [5.74, 6) is -1.08. The first-order valence-corrected chi connectivity index (χ1v) is 6.04. The fourth-order valence-corrected chi connectivity index (χ4v) is 1.95. The van der Waals surface area contributed by atoms with E-state index >= 15 is 0 Å². The zero-order chi connectivity index (χ0) is 12.2. The third kappa shape index (κ3) is 3.18. The zero-order valence-corrected chi connectivity index (χ0v) is 9.09. The Balaban J connectivity index is 2.96. The number of rotatable bonds is 4. The van der Waals surface area contributed by atoms with Gasteiger partial charge in [-0.15, -0.1) is 0 Å². The van der Waals surface area contributed by atoms with Gasteiger partial charge in [-0.1, -0.05) is 0 Å². The lowest BCUT2D eigenvalue weighted by atomic mass is 10.2. The van der Waals surface area contributed by atoms with Crippen LogP contribution in [0.3, 0.4) is 0 Å². The lowest BCUT2D eigenvalue weighted by molar-refractivity contribution is 0.598. The van der Waals surface area contributed by atoms with Gasteiger partial charge in [0.05, 0.1) is 23.1 Å². The number of hydrogen-bond acceptors (Lipinski definition) is 4. The molecule has 1 aromatic carbocycles. The average Bonchev–Trinajstić information content (AvgIpc) is 2.20. The van der Waals surface area contributed by atoms with Crippen molar-refractivity contribution in [2.45, 2.75) is 0 Å². The molecule has 1 rings (SSSR count). The van der Waals surface area contributed by atoms with Crippen LogP contribution in [0.4, 0.5) is 10.1 Å². The van der Waals surface area contributed by atoms with Gasteiger partial charge in [-0.2, -0.15) is 5.26 Å². The maximum Gasteiger partial charge on any atom is 0.234 e. The minimum atomic E-state index is -3.62. The van der Waals surface area contributed by atoms with Crippen LogP contribution < -0.4 is 10.5 Å². The summed E-state index contributed by atoms with van der Waals surface area (Å²) in [5, 5.41) is 8.50. The predicted molar refractivity (Wildman–Crippen MR) is 57.6 cm³/mol. The van der Waals surface area contributed by atoms with E-state index in [0.29, 0.717) is 0 Å². The van der Waals surface area contributed by atoms with Gasteiger partial charge in [-0.3, -0.25) is 4.72 Å². The van der Waals surface area contributed by atoms with Crippen LogP contribution in [-0.4, -0.2) is 20.7 Å². The van der Waals surface area contributed by atoms with Crippen molar-refractivity contribution in [1.82, 2.24) is 0 Å². The van der Waals surface area contributed by atoms with Crippen molar-refractivity contribution >= 4 is 15.7 Å². The molecule has 5 nitrogen and oxygen atoms in total. The highest BCUT2D eigenvalue weighted by Crippen LogP contribution is 2.16. The molecular weight excluding hydrogens is 233 g/mol. The van der Waals surface area contributed by atoms with Crippen molar-refractivity contribution in [2.24, 2.45) is 5.73 Å². The van der Waals surface area contributed by atoms with Crippen molar-refractivity contribution in [3.8, 4) is 6.07 Å². The van der Waals surface area contributed by atoms with Crippen molar-refractivity contribution in [1.29, 1.82) is 5.26 Å². The van der Waals surface area contributed by atoms with E-state index < -0.39 is 15.8 Å². The first-order chi connectivity index (χ1) is 7.48. The van der Waals surface area contributed by atoms with Crippen LogP contribution in [0.1, 0.15) is 5.56 Å². The van der Waals surface area contributed by atoms with E-state index in [1.54, 1.807) is 6.07 Å². The summed E-state index contributed by atoms with van der Waals surface area (Å²) in [6.07, 6.45) is 0. The molecule has 0 heterocycles. The van der Waals surface area contributed by atoms with Crippen molar-refractivity contribution < 1.29 is 12.8 Å². The first-order valence-electron chi connectivity index (χ1n) is 4.39. The zero-order valence-electron chi connectivity index (χ0n) is 8.27. The average molecular weight is 243 g/mol. The molecule has 0 spiro atoms. The summed E-state index contributed by atoms with van der Waals surface area (Å²) in [4.78, 5) is 0. The van der Waals surface area contributed by atoms with Crippen LogP contribution in [0.25, 0.3) is 0 Å². The fourth-order valence-electron chi connectivity index (χ4n) is 1.04. The molecule has 0 bridgehead atoms. The molecule has 0 aliphatic heterocycles. The van der Waals surface area contributed by atoms with Gasteiger partial charge in [0.25, 0.3) is 0 Å². The minimum absolute atomic E-state index is 0.0484. The molecule has 0 saturated heterocycles. The van der Waals surface area contributed by atoms with E-state index in [0.717, 1.165) is 6.07 Å². The summed E-state index contributed by atoms with van der Waals surface area (Å²) < 4.78 is 37.9. The Kier molecular flexibility index (Phi) is 3.82. The maximum atomic E-state index is 13.3.